The Morgan fingerprint density at radius 3 is 2.41 bits per heavy atom. The highest BCUT2D eigenvalue weighted by Crippen LogP contribution is 2.09. The van der Waals surface area contributed by atoms with Gasteiger partial charge in [-0.3, -0.25) is 9.59 Å². The molecule has 17 heavy (non-hydrogen) atoms. The fourth-order valence-electron chi connectivity index (χ4n) is 1.52. The number of hydrogen-bond acceptors (Lipinski definition) is 3. The zero-order chi connectivity index (χ0) is 13.3. The van der Waals surface area contributed by atoms with Crippen LogP contribution in [0, 0.1) is 17.2 Å². The average Bonchev–Trinajstić information content (AvgIpc) is 2.32. The minimum atomic E-state index is -0.630. The first-order chi connectivity index (χ1) is 8.10. The molecule has 0 bridgehead atoms. The van der Waals surface area contributed by atoms with Gasteiger partial charge >= 0.3 is 0 Å². The van der Waals surface area contributed by atoms with E-state index >= 15 is 0 Å². The summed E-state index contributed by atoms with van der Waals surface area (Å²) in [6.07, 6.45) is 1.32. The lowest BCUT2D eigenvalue weighted by atomic mass is 10.0. The Morgan fingerprint density at radius 2 is 2.00 bits per heavy atom. The Kier molecular flexibility index (Phi) is 7.78. The molecule has 96 valence electrons. The first-order valence-electron chi connectivity index (χ1n) is 6.05. The van der Waals surface area contributed by atoms with Gasteiger partial charge in [-0.15, -0.1) is 0 Å². The van der Waals surface area contributed by atoms with Crippen LogP contribution >= 0.6 is 0 Å². The van der Waals surface area contributed by atoms with E-state index in [1.807, 2.05) is 19.9 Å². The van der Waals surface area contributed by atoms with Crippen molar-refractivity contribution in [3.05, 3.63) is 0 Å². The predicted molar refractivity (Wildman–Crippen MR) is 64.9 cm³/mol. The molecule has 0 aliphatic heterocycles. The maximum atomic E-state index is 12.0. The highest BCUT2D eigenvalue weighted by Gasteiger charge is 2.23. The quantitative estimate of drug-likeness (QED) is 0.717. The van der Waals surface area contributed by atoms with Crippen LogP contribution in [0.3, 0.4) is 0 Å². The molecule has 1 N–H and O–H groups in total. The summed E-state index contributed by atoms with van der Waals surface area (Å²) in [4.78, 5) is 24.8. The van der Waals surface area contributed by atoms with Crippen molar-refractivity contribution in [3.8, 4) is 6.07 Å². The first kappa shape index (κ1) is 15.4. The van der Waals surface area contributed by atoms with Crippen LogP contribution in [0.4, 0.5) is 0 Å². The topological polar surface area (TPSA) is 73.2 Å². The second-order valence-electron chi connectivity index (χ2n) is 3.78. The third-order valence-corrected chi connectivity index (χ3v) is 2.43. The van der Waals surface area contributed by atoms with Crippen LogP contribution in [0.15, 0.2) is 0 Å². The monoisotopic (exact) mass is 239 g/mol. The van der Waals surface area contributed by atoms with Gasteiger partial charge in [-0.1, -0.05) is 13.3 Å². The van der Waals surface area contributed by atoms with E-state index in [1.54, 1.807) is 6.92 Å². The fraction of sp³-hybridized carbons (Fsp3) is 0.750. The molecule has 0 saturated heterocycles. The van der Waals surface area contributed by atoms with Crippen molar-refractivity contribution >= 4 is 11.8 Å². The number of nitrogens with zero attached hydrogens (tertiary/aromatic N) is 2. The van der Waals surface area contributed by atoms with Crippen molar-refractivity contribution in [1.82, 2.24) is 10.2 Å². The summed E-state index contributed by atoms with van der Waals surface area (Å²) in [7, 11) is 0. The Balaban J connectivity index is 4.49. The van der Waals surface area contributed by atoms with Crippen molar-refractivity contribution < 1.29 is 9.59 Å². The lowest BCUT2D eigenvalue weighted by Gasteiger charge is -2.22. The van der Waals surface area contributed by atoms with Crippen molar-refractivity contribution in [1.29, 1.82) is 5.26 Å². The lowest BCUT2D eigenvalue weighted by Crippen LogP contribution is -2.43. The van der Waals surface area contributed by atoms with Crippen LogP contribution < -0.4 is 5.32 Å². The van der Waals surface area contributed by atoms with Gasteiger partial charge in [-0.05, 0) is 20.3 Å². The van der Waals surface area contributed by atoms with Crippen molar-refractivity contribution in [2.24, 2.45) is 5.92 Å². The molecule has 0 spiro atoms. The highest BCUT2D eigenvalue weighted by atomic mass is 16.2. The molecule has 0 saturated carbocycles. The van der Waals surface area contributed by atoms with E-state index < -0.39 is 5.92 Å². The van der Waals surface area contributed by atoms with Crippen LogP contribution in [0.25, 0.3) is 0 Å². The molecule has 0 aromatic heterocycles. The molecule has 0 fully saturated rings. The number of likely N-dealkylation sites (N-methyl/N-ethyl adjacent to an activating group) is 2. The van der Waals surface area contributed by atoms with Gasteiger partial charge in [0, 0.05) is 13.1 Å². The molecule has 0 aromatic carbocycles. The molecule has 2 amide bonds. The van der Waals surface area contributed by atoms with E-state index in [0.29, 0.717) is 19.5 Å². The lowest BCUT2D eigenvalue weighted by molar-refractivity contribution is -0.138. The van der Waals surface area contributed by atoms with E-state index in [4.69, 9.17) is 5.26 Å². The van der Waals surface area contributed by atoms with E-state index in [9.17, 15) is 9.59 Å². The number of hydrogen-bond donors (Lipinski definition) is 1. The van der Waals surface area contributed by atoms with Crippen LogP contribution in [0.2, 0.25) is 0 Å². The molecule has 0 aromatic rings. The third-order valence-electron chi connectivity index (χ3n) is 2.43. The summed E-state index contributed by atoms with van der Waals surface area (Å²) in [5.74, 6) is -1.06. The molecule has 1 unspecified atom stereocenters. The van der Waals surface area contributed by atoms with Crippen LogP contribution in [-0.4, -0.2) is 36.3 Å². The minimum Gasteiger partial charge on any atom is -0.355 e. The van der Waals surface area contributed by atoms with Crippen molar-refractivity contribution in [2.45, 2.75) is 33.6 Å². The smallest absolute Gasteiger partial charge is 0.240 e. The Labute approximate surface area is 103 Å². The standard InChI is InChI=1S/C12H21N3O2/c1-4-7-10(8-13)12(17)15(6-3)9-11(16)14-5-2/h10H,4-7,9H2,1-3H3,(H,14,16). The van der Waals surface area contributed by atoms with Gasteiger partial charge in [0.2, 0.25) is 11.8 Å². The van der Waals surface area contributed by atoms with Crippen LogP contribution in [0.5, 0.6) is 0 Å². The molecule has 0 aliphatic carbocycles. The molecule has 5 nitrogen and oxygen atoms in total. The molecule has 0 radical (unpaired) electrons. The van der Waals surface area contributed by atoms with Crippen molar-refractivity contribution in [2.75, 3.05) is 19.6 Å². The largest absolute Gasteiger partial charge is 0.355 e. The number of nitriles is 1. The third kappa shape index (κ3) is 5.34. The zero-order valence-corrected chi connectivity index (χ0v) is 10.8. The van der Waals surface area contributed by atoms with E-state index in [1.165, 1.54) is 4.90 Å². The molecule has 0 heterocycles. The molecule has 5 heteroatoms. The molecule has 0 rings (SSSR count). The van der Waals surface area contributed by atoms with E-state index in [2.05, 4.69) is 5.32 Å². The summed E-state index contributed by atoms with van der Waals surface area (Å²) in [5.41, 5.74) is 0. The summed E-state index contributed by atoms with van der Waals surface area (Å²) in [5, 5.41) is 11.5. The first-order valence-corrected chi connectivity index (χ1v) is 6.05. The summed E-state index contributed by atoms with van der Waals surface area (Å²) in [6, 6.07) is 2.00. The van der Waals surface area contributed by atoms with Crippen LogP contribution in [0.1, 0.15) is 33.6 Å². The van der Waals surface area contributed by atoms with Gasteiger partial charge in [-0.25, -0.2) is 0 Å². The van der Waals surface area contributed by atoms with Crippen molar-refractivity contribution in [3.63, 3.8) is 0 Å². The van der Waals surface area contributed by atoms with Gasteiger partial charge < -0.3 is 10.2 Å². The second-order valence-corrected chi connectivity index (χ2v) is 3.78. The molecular formula is C12H21N3O2. The van der Waals surface area contributed by atoms with Gasteiger partial charge in [0.1, 0.15) is 5.92 Å². The number of amides is 2. The van der Waals surface area contributed by atoms with Gasteiger partial charge in [0.05, 0.1) is 12.6 Å². The van der Waals surface area contributed by atoms with E-state index in [0.717, 1.165) is 6.42 Å². The van der Waals surface area contributed by atoms with E-state index in [-0.39, 0.29) is 18.4 Å². The summed E-state index contributed by atoms with van der Waals surface area (Å²) in [6.45, 7) is 6.57. The molecule has 0 aliphatic rings. The van der Waals surface area contributed by atoms with Crippen LogP contribution in [-0.2, 0) is 9.59 Å². The Bertz CT molecular complexity index is 297. The number of nitrogens with one attached hydrogen (secondary N) is 1. The maximum absolute atomic E-state index is 12.0. The summed E-state index contributed by atoms with van der Waals surface area (Å²) < 4.78 is 0. The second kappa shape index (κ2) is 8.57. The normalized spacial score (nSPS) is 11.4. The Morgan fingerprint density at radius 1 is 1.35 bits per heavy atom. The molecule has 1 atom stereocenters. The fourth-order valence-corrected chi connectivity index (χ4v) is 1.52. The minimum absolute atomic E-state index is 0.0328. The van der Waals surface area contributed by atoms with Gasteiger partial charge in [0.15, 0.2) is 0 Å². The average molecular weight is 239 g/mol. The summed E-state index contributed by atoms with van der Waals surface area (Å²) >= 11 is 0. The maximum Gasteiger partial charge on any atom is 0.240 e. The molecular weight excluding hydrogens is 218 g/mol. The number of rotatable bonds is 7. The zero-order valence-electron chi connectivity index (χ0n) is 10.8. The SMILES string of the molecule is CCCC(C#N)C(=O)N(CC)CC(=O)NCC. The number of carbonyl (C=O) groups is 2. The Hall–Kier alpha value is -1.57. The van der Waals surface area contributed by atoms with Gasteiger partial charge in [0.25, 0.3) is 0 Å². The highest BCUT2D eigenvalue weighted by molar-refractivity contribution is 5.87. The predicted octanol–water partition coefficient (Wildman–Crippen LogP) is 0.911. The van der Waals surface area contributed by atoms with Gasteiger partial charge in [-0.2, -0.15) is 5.26 Å². The number of carbonyl (C=O) groups excluding carboxylic acids is 2.